The maximum atomic E-state index is 13.2. The number of benzene rings is 2. The van der Waals surface area contributed by atoms with Gasteiger partial charge in [0.15, 0.2) is 0 Å². The summed E-state index contributed by atoms with van der Waals surface area (Å²) in [5.74, 6) is -1.50. The molecule has 194 valence electrons. The van der Waals surface area contributed by atoms with Gasteiger partial charge in [0.1, 0.15) is 15.7 Å². The van der Waals surface area contributed by atoms with Gasteiger partial charge in [-0.2, -0.15) is 0 Å². The number of esters is 1. The summed E-state index contributed by atoms with van der Waals surface area (Å²) in [5.41, 5.74) is 2.25. The van der Waals surface area contributed by atoms with Crippen LogP contribution in [0.3, 0.4) is 0 Å². The topological polar surface area (TPSA) is 91.0 Å². The summed E-state index contributed by atoms with van der Waals surface area (Å²) in [6, 6.07) is 15.3. The molecule has 8 nitrogen and oxygen atoms in total. The van der Waals surface area contributed by atoms with Crippen LogP contribution < -0.4 is 15.5 Å². The van der Waals surface area contributed by atoms with Crippen molar-refractivity contribution in [3.8, 4) is 0 Å². The monoisotopic (exact) mass is 524 g/mol. The van der Waals surface area contributed by atoms with Gasteiger partial charge in [0.25, 0.3) is 5.91 Å². The van der Waals surface area contributed by atoms with Gasteiger partial charge in [0.05, 0.1) is 18.7 Å². The van der Waals surface area contributed by atoms with Gasteiger partial charge in [-0.15, -0.1) is 11.3 Å². The lowest BCUT2D eigenvalue weighted by Gasteiger charge is -2.35. The summed E-state index contributed by atoms with van der Waals surface area (Å²) in [5, 5.41) is 5.98. The van der Waals surface area contributed by atoms with E-state index >= 15 is 0 Å². The highest BCUT2D eigenvalue weighted by Crippen LogP contribution is 2.34. The van der Waals surface area contributed by atoms with E-state index in [4.69, 9.17) is 4.74 Å². The minimum absolute atomic E-state index is 0.142. The second-order valence-corrected chi connectivity index (χ2v) is 9.61. The molecule has 0 aliphatic carbocycles. The van der Waals surface area contributed by atoms with Gasteiger partial charge in [-0.1, -0.05) is 18.2 Å². The third-order valence-electron chi connectivity index (χ3n) is 6.05. The van der Waals surface area contributed by atoms with Crippen molar-refractivity contribution in [2.24, 2.45) is 0 Å². The average molecular weight is 525 g/mol. The van der Waals surface area contributed by atoms with Crippen molar-refractivity contribution < 1.29 is 23.5 Å². The second kappa shape index (κ2) is 12.0. The molecule has 1 saturated heterocycles. The van der Waals surface area contributed by atoms with E-state index < -0.39 is 11.9 Å². The van der Waals surface area contributed by atoms with E-state index in [1.807, 2.05) is 11.0 Å². The number of halogens is 1. The minimum atomic E-state index is -0.531. The van der Waals surface area contributed by atoms with Crippen molar-refractivity contribution in [1.29, 1.82) is 0 Å². The number of amides is 2. The molecule has 0 unspecified atom stereocenters. The number of rotatable bonds is 8. The Morgan fingerprint density at radius 1 is 0.973 bits per heavy atom. The van der Waals surface area contributed by atoms with Crippen molar-refractivity contribution in [2.45, 2.75) is 13.8 Å². The fraction of sp³-hybridized carbons (Fsp3) is 0.296. The summed E-state index contributed by atoms with van der Waals surface area (Å²) in [7, 11) is 0. The summed E-state index contributed by atoms with van der Waals surface area (Å²) in [6.07, 6.45) is 0. The first kappa shape index (κ1) is 26.3. The zero-order valence-corrected chi connectivity index (χ0v) is 21.6. The maximum Gasteiger partial charge on any atom is 0.348 e. The molecule has 0 bridgehead atoms. The van der Waals surface area contributed by atoms with Crippen molar-refractivity contribution in [2.75, 3.05) is 54.9 Å². The number of carbonyl (C=O) groups is 3. The summed E-state index contributed by atoms with van der Waals surface area (Å²) in [6.45, 7) is 6.45. The fourth-order valence-corrected chi connectivity index (χ4v) is 5.28. The van der Waals surface area contributed by atoms with E-state index in [-0.39, 0.29) is 35.3 Å². The van der Waals surface area contributed by atoms with E-state index in [0.717, 1.165) is 17.0 Å². The Morgan fingerprint density at radius 3 is 2.30 bits per heavy atom. The number of hydrogen-bond donors (Lipinski definition) is 2. The van der Waals surface area contributed by atoms with Crippen molar-refractivity contribution in [1.82, 2.24) is 4.90 Å². The van der Waals surface area contributed by atoms with Gasteiger partial charge in [0, 0.05) is 37.6 Å². The van der Waals surface area contributed by atoms with E-state index in [0.29, 0.717) is 42.4 Å². The normalized spacial score (nSPS) is 13.8. The molecule has 2 heterocycles. The smallest absolute Gasteiger partial charge is 0.348 e. The first-order valence-corrected chi connectivity index (χ1v) is 12.9. The molecule has 0 atom stereocenters. The number of ether oxygens (including phenoxy) is 1. The SMILES string of the molecule is CCOC(=O)c1sc(NC(=O)CN2CCN(c3ccc(F)cc3)CC2)c(C(=O)Nc2ccccc2)c1C. The molecule has 1 fully saturated rings. The molecule has 1 aliphatic rings. The van der Waals surface area contributed by atoms with Crippen LogP contribution in [-0.2, 0) is 9.53 Å². The van der Waals surface area contributed by atoms with Gasteiger partial charge < -0.3 is 20.3 Å². The van der Waals surface area contributed by atoms with Crippen LogP contribution in [0, 0.1) is 12.7 Å². The van der Waals surface area contributed by atoms with Gasteiger partial charge in [0.2, 0.25) is 5.91 Å². The van der Waals surface area contributed by atoms with Crippen LogP contribution in [0.2, 0.25) is 0 Å². The lowest BCUT2D eigenvalue weighted by Crippen LogP contribution is -2.48. The summed E-state index contributed by atoms with van der Waals surface area (Å²) in [4.78, 5) is 43.1. The van der Waals surface area contributed by atoms with Crippen molar-refractivity contribution in [3.05, 3.63) is 76.4 Å². The van der Waals surface area contributed by atoms with Crippen molar-refractivity contribution >= 4 is 45.5 Å². The quantitative estimate of drug-likeness (QED) is 0.425. The first-order chi connectivity index (χ1) is 17.9. The highest BCUT2D eigenvalue weighted by Gasteiger charge is 2.27. The Hall–Kier alpha value is -3.76. The first-order valence-electron chi connectivity index (χ1n) is 12.0. The van der Waals surface area contributed by atoms with Crippen LogP contribution in [0.15, 0.2) is 54.6 Å². The van der Waals surface area contributed by atoms with Crippen molar-refractivity contribution in [3.63, 3.8) is 0 Å². The molecule has 1 aromatic heterocycles. The maximum absolute atomic E-state index is 13.2. The number of thiophene rings is 1. The molecule has 1 aliphatic heterocycles. The number of anilines is 3. The van der Waals surface area contributed by atoms with Gasteiger partial charge in [-0.3, -0.25) is 14.5 Å². The van der Waals surface area contributed by atoms with E-state index in [1.165, 1.54) is 12.1 Å². The van der Waals surface area contributed by atoms with Gasteiger partial charge in [-0.25, -0.2) is 9.18 Å². The molecule has 0 saturated carbocycles. The van der Waals surface area contributed by atoms with E-state index in [1.54, 1.807) is 50.2 Å². The zero-order chi connectivity index (χ0) is 26.4. The average Bonchev–Trinajstić information content (AvgIpc) is 3.21. The molecule has 2 aromatic carbocycles. The highest BCUT2D eigenvalue weighted by molar-refractivity contribution is 7.18. The Labute approximate surface area is 219 Å². The largest absolute Gasteiger partial charge is 0.462 e. The molecular weight excluding hydrogens is 495 g/mol. The lowest BCUT2D eigenvalue weighted by atomic mass is 10.1. The van der Waals surface area contributed by atoms with E-state index in [2.05, 4.69) is 15.5 Å². The predicted octanol–water partition coefficient (Wildman–Crippen LogP) is 4.39. The zero-order valence-electron chi connectivity index (χ0n) is 20.8. The molecule has 37 heavy (non-hydrogen) atoms. The number of nitrogens with one attached hydrogen (secondary N) is 2. The van der Waals surface area contributed by atoms with Crippen LogP contribution >= 0.6 is 11.3 Å². The predicted molar refractivity (Wildman–Crippen MR) is 143 cm³/mol. The van der Waals surface area contributed by atoms with Crippen LogP contribution in [0.4, 0.5) is 20.8 Å². The number of hydrogen-bond acceptors (Lipinski definition) is 7. The molecule has 4 rings (SSSR count). The Bertz CT molecular complexity index is 1260. The Balaban J connectivity index is 1.44. The highest BCUT2D eigenvalue weighted by atomic mass is 32.1. The van der Waals surface area contributed by atoms with Crippen LogP contribution in [0.25, 0.3) is 0 Å². The second-order valence-electron chi connectivity index (χ2n) is 8.59. The number of nitrogens with zero attached hydrogens (tertiary/aromatic N) is 2. The molecule has 0 radical (unpaired) electrons. The van der Waals surface area contributed by atoms with E-state index in [9.17, 15) is 18.8 Å². The van der Waals surface area contributed by atoms with Gasteiger partial charge >= 0.3 is 5.97 Å². The number of carbonyl (C=O) groups excluding carboxylic acids is 3. The third-order valence-corrected chi connectivity index (χ3v) is 7.24. The third kappa shape index (κ3) is 6.52. The molecular formula is C27H29FN4O4S. The number of para-hydroxylation sites is 1. The van der Waals surface area contributed by atoms with Gasteiger partial charge in [-0.05, 0) is 55.8 Å². The number of piperazine rings is 1. The molecule has 2 N–H and O–H groups in total. The van der Waals surface area contributed by atoms with Crippen LogP contribution in [-0.4, -0.2) is 62.0 Å². The Morgan fingerprint density at radius 2 is 1.65 bits per heavy atom. The standard InChI is InChI=1S/C27H29FN4O4S/c1-3-36-27(35)24-18(2)23(25(34)29-20-7-5-4-6-8-20)26(37-24)30-22(33)17-31-13-15-32(16-14-31)21-11-9-19(28)10-12-21/h4-12H,3,13-17H2,1-2H3,(H,29,34)(H,30,33). The summed E-state index contributed by atoms with van der Waals surface area (Å²) >= 11 is 1.04. The van der Waals surface area contributed by atoms with Crippen LogP contribution in [0.1, 0.15) is 32.5 Å². The molecule has 10 heteroatoms. The molecule has 3 aromatic rings. The lowest BCUT2D eigenvalue weighted by molar-refractivity contribution is -0.117. The molecule has 2 amide bonds. The molecule has 0 spiro atoms. The Kier molecular flexibility index (Phi) is 8.52. The minimum Gasteiger partial charge on any atom is -0.462 e. The summed E-state index contributed by atoms with van der Waals surface area (Å²) < 4.78 is 18.4. The fourth-order valence-electron chi connectivity index (χ4n) is 4.17. The van der Waals surface area contributed by atoms with Crippen LogP contribution in [0.5, 0.6) is 0 Å².